The van der Waals surface area contributed by atoms with Crippen LogP contribution in [-0.2, 0) is 32.7 Å². The number of ether oxygens (including phenoxy) is 2. The maximum atomic E-state index is 12.8. The summed E-state index contributed by atoms with van der Waals surface area (Å²) < 4.78 is 34.1. The maximum absolute atomic E-state index is 12.8. The van der Waals surface area contributed by atoms with E-state index in [1.54, 1.807) is 0 Å². The summed E-state index contributed by atoms with van der Waals surface area (Å²) in [6, 6.07) is 0. The van der Waals surface area contributed by atoms with E-state index in [0.717, 1.165) is 128 Å². The number of hydrogen-bond donors (Lipinski definition) is 0. The van der Waals surface area contributed by atoms with Crippen LogP contribution in [0.15, 0.2) is 122 Å². The zero-order valence-electron chi connectivity index (χ0n) is 47.7. The molecule has 0 amide bonds. The van der Waals surface area contributed by atoms with Crippen molar-refractivity contribution < 1.29 is 42.1 Å². The average Bonchev–Trinajstić information content (AvgIpc) is 3.36. The van der Waals surface area contributed by atoms with E-state index in [2.05, 4.69) is 135 Å². The summed E-state index contributed by atoms with van der Waals surface area (Å²) in [6.07, 6.45) is 76.6. The molecule has 0 heterocycles. The summed E-state index contributed by atoms with van der Waals surface area (Å²) in [5, 5.41) is 0. The molecular weight excluding hydrogens is 942 g/mol. The van der Waals surface area contributed by atoms with Crippen LogP contribution in [0.5, 0.6) is 0 Å². The topological polar surface area (TPSA) is 111 Å². The number of likely N-dealkylation sites (N-methyl/N-ethyl adjacent to an activating group) is 1. The Labute approximate surface area is 454 Å². The number of rotatable bonds is 52. The van der Waals surface area contributed by atoms with Crippen molar-refractivity contribution in [2.24, 2.45) is 0 Å². The van der Waals surface area contributed by atoms with Crippen molar-refractivity contribution in [3.63, 3.8) is 0 Å². The van der Waals surface area contributed by atoms with Gasteiger partial charge in [-0.05, 0) is 109 Å². The van der Waals surface area contributed by atoms with Crippen LogP contribution in [0.25, 0.3) is 0 Å². The van der Waals surface area contributed by atoms with E-state index in [-0.39, 0.29) is 26.1 Å². The predicted molar refractivity (Wildman–Crippen MR) is 314 cm³/mol. The largest absolute Gasteiger partial charge is 0.756 e. The Morgan fingerprint density at radius 2 is 0.770 bits per heavy atom. The molecular formula is C64H108NO8P. The lowest BCUT2D eigenvalue weighted by atomic mass is 10.1. The lowest BCUT2D eigenvalue weighted by Gasteiger charge is -2.28. The van der Waals surface area contributed by atoms with Gasteiger partial charge in [-0.1, -0.05) is 219 Å². The average molecular weight is 1050 g/mol. The minimum atomic E-state index is -4.65. The van der Waals surface area contributed by atoms with Gasteiger partial charge in [0.15, 0.2) is 6.10 Å². The number of quaternary nitrogens is 1. The number of hydrogen-bond acceptors (Lipinski definition) is 8. The van der Waals surface area contributed by atoms with E-state index in [9.17, 15) is 19.0 Å². The molecule has 0 spiro atoms. The van der Waals surface area contributed by atoms with Crippen molar-refractivity contribution in [1.29, 1.82) is 0 Å². The predicted octanol–water partition coefficient (Wildman–Crippen LogP) is 17.7. The van der Waals surface area contributed by atoms with Gasteiger partial charge in [0.25, 0.3) is 7.82 Å². The van der Waals surface area contributed by atoms with Crippen LogP contribution in [0.3, 0.4) is 0 Å². The Balaban J connectivity index is 4.24. The molecule has 0 aliphatic rings. The van der Waals surface area contributed by atoms with Gasteiger partial charge in [-0.15, -0.1) is 0 Å². The van der Waals surface area contributed by atoms with E-state index in [4.69, 9.17) is 18.5 Å². The van der Waals surface area contributed by atoms with E-state index in [1.807, 2.05) is 21.1 Å². The highest BCUT2D eigenvalue weighted by Gasteiger charge is 2.21. The summed E-state index contributed by atoms with van der Waals surface area (Å²) in [4.78, 5) is 37.9. The Kier molecular flexibility index (Phi) is 51.6. The van der Waals surface area contributed by atoms with Gasteiger partial charge in [-0.2, -0.15) is 0 Å². The standard InChI is InChI=1S/C64H108NO8P/c1-6-8-10-12-14-16-18-20-22-24-26-27-28-29-30-31-32-33-34-35-36-37-39-41-43-45-47-49-51-53-55-57-64(67)73-62(61-72-74(68,69)71-59-58-65(3,4)5)60-70-63(66)56-54-52-50-48-46-44-42-40-38-25-23-21-19-17-15-13-11-9-7-2/h8,10,14-17,20-23,26-27,29-30,32-33,35-36,39,41,62H,6-7,9,11-13,18-19,24-25,28,31,34,37-38,40,42-61H2,1-5H3/b10-8-,16-14-,17-15-,22-20-,23-21-,27-26-,30-29-,33-32-,36-35-,41-39-. The van der Waals surface area contributed by atoms with E-state index < -0.39 is 32.5 Å². The molecule has 0 rings (SSSR count). The summed E-state index contributed by atoms with van der Waals surface area (Å²) in [7, 11) is 1.14. The molecule has 0 aromatic rings. The van der Waals surface area contributed by atoms with Gasteiger partial charge in [-0.25, -0.2) is 0 Å². The SMILES string of the molecule is CC/C=C\C/C=C\C/C=C\C/C=C\C/C=C\C/C=C\C/C=C\C/C=C\CCCCCCCCC(=O)OC(COC(=O)CCCCCCCCCCC/C=C\C/C=C\CCCCC)COP(=O)([O-])OCC[N+](C)(C)C. The fraction of sp³-hybridized carbons (Fsp3) is 0.656. The highest BCUT2D eigenvalue weighted by Crippen LogP contribution is 2.38. The van der Waals surface area contributed by atoms with Crippen LogP contribution in [0, 0.1) is 0 Å². The number of phosphoric acid groups is 1. The lowest BCUT2D eigenvalue weighted by Crippen LogP contribution is -2.37. The first kappa shape index (κ1) is 70.4. The van der Waals surface area contributed by atoms with E-state index >= 15 is 0 Å². The van der Waals surface area contributed by atoms with Crippen LogP contribution in [0.4, 0.5) is 0 Å². The number of carbonyl (C=O) groups is 2. The molecule has 0 radical (unpaired) electrons. The highest BCUT2D eigenvalue weighted by molar-refractivity contribution is 7.45. The molecule has 0 N–H and O–H groups in total. The Morgan fingerprint density at radius 3 is 1.15 bits per heavy atom. The molecule has 0 aliphatic carbocycles. The third kappa shape index (κ3) is 57.7. The van der Waals surface area contributed by atoms with Crippen LogP contribution < -0.4 is 4.89 Å². The van der Waals surface area contributed by atoms with E-state index in [1.165, 1.54) is 57.8 Å². The zero-order chi connectivity index (χ0) is 54.2. The van der Waals surface area contributed by atoms with Crippen LogP contribution >= 0.6 is 7.82 Å². The smallest absolute Gasteiger partial charge is 0.306 e. The Morgan fingerprint density at radius 1 is 0.432 bits per heavy atom. The number of phosphoric ester groups is 1. The summed E-state index contributed by atoms with van der Waals surface area (Å²) in [6.45, 7) is 4.07. The highest BCUT2D eigenvalue weighted by atomic mass is 31.2. The van der Waals surface area contributed by atoms with Gasteiger partial charge in [-0.3, -0.25) is 14.2 Å². The number of unbranched alkanes of at least 4 members (excludes halogenated alkanes) is 18. The van der Waals surface area contributed by atoms with Crippen LogP contribution in [0.1, 0.15) is 219 Å². The Bertz CT molecular complexity index is 1660. The summed E-state index contributed by atoms with van der Waals surface area (Å²) >= 11 is 0. The minimum absolute atomic E-state index is 0.0412. The first-order chi connectivity index (χ1) is 36.0. The van der Waals surface area contributed by atoms with Crippen LogP contribution in [0.2, 0.25) is 0 Å². The number of esters is 2. The first-order valence-electron chi connectivity index (χ1n) is 29.2. The molecule has 10 heteroatoms. The fourth-order valence-electron chi connectivity index (χ4n) is 7.47. The molecule has 0 saturated heterocycles. The molecule has 0 saturated carbocycles. The third-order valence-corrected chi connectivity index (χ3v) is 12.9. The molecule has 0 aromatic heterocycles. The number of allylic oxidation sites excluding steroid dienone is 20. The number of carbonyl (C=O) groups excluding carboxylic acids is 2. The molecule has 2 atom stereocenters. The summed E-state index contributed by atoms with van der Waals surface area (Å²) in [5.41, 5.74) is 0. The second-order valence-electron chi connectivity index (χ2n) is 20.3. The lowest BCUT2D eigenvalue weighted by molar-refractivity contribution is -0.870. The molecule has 0 bridgehead atoms. The monoisotopic (exact) mass is 1050 g/mol. The van der Waals surface area contributed by atoms with Gasteiger partial charge in [0, 0.05) is 12.8 Å². The molecule has 9 nitrogen and oxygen atoms in total. The molecule has 0 fully saturated rings. The molecule has 422 valence electrons. The van der Waals surface area contributed by atoms with Gasteiger partial charge >= 0.3 is 11.9 Å². The first-order valence-corrected chi connectivity index (χ1v) is 30.7. The van der Waals surface area contributed by atoms with Crippen molar-refractivity contribution in [3.8, 4) is 0 Å². The van der Waals surface area contributed by atoms with Gasteiger partial charge in [0.2, 0.25) is 0 Å². The van der Waals surface area contributed by atoms with Crippen molar-refractivity contribution in [2.45, 2.75) is 225 Å². The zero-order valence-corrected chi connectivity index (χ0v) is 48.6. The normalized spacial score (nSPS) is 14.2. The maximum Gasteiger partial charge on any atom is 0.306 e. The quantitative estimate of drug-likeness (QED) is 0.0195. The van der Waals surface area contributed by atoms with Gasteiger partial charge in [0.05, 0.1) is 27.7 Å². The van der Waals surface area contributed by atoms with Gasteiger partial charge in [0.1, 0.15) is 19.8 Å². The second-order valence-corrected chi connectivity index (χ2v) is 21.7. The van der Waals surface area contributed by atoms with Crippen molar-refractivity contribution in [3.05, 3.63) is 122 Å². The van der Waals surface area contributed by atoms with Crippen molar-refractivity contribution in [2.75, 3.05) is 47.5 Å². The van der Waals surface area contributed by atoms with E-state index in [0.29, 0.717) is 17.4 Å². The fourth-order valence-corrected chi connectivity index (χ4v) is 8.19. The minimum Gasteiger partial charge on any atom is -0.756 e. The van der Waals surface area contributed by atoms with Gasteiger partial charge < -0.3 is 27.9 Å². The Hall–Kier alpha value is -3.59. The van der Waals surface area contributed by atoms with Crippen molar-refractivity contribution >= 4 is 19.8 Å². The van der Waals surface area contributed by atoms with Crippen molar-refractivity contribution in [1.82, 2.24) is 0 Å². The molecule has 0 aromatic carbocycles. The molecule has 74 heavy (non-hydrogen) atoms. The molecule has 0 aliphatic heterocycles. The third-order valence-electron chi connectivity index (χ3n) is 12.0. The summed E-state index contributed by atoms with van der Waals surface area (Å²) in [5.74, 6) is -0.862. The molecule has 2 unspecified atom stereocenters. The van der Waals surface area contributed by atoms with Crippen LogP contribution in [-0.4, -0.2) is 70.0 Å². The second kappa shape index (κ2) is 54.2. The number of nitrogens with zero attached hydrogens (tertiary/aromatic N) is 1.